The first kappa shape index (κ1) is 6.09. The Hall–Kier alpha value is -1.64. The second kappa shape index (κ2) is 2.20. The molecule has 11 heavy (non-hydrogen) atoms. The van der Waals surface area contributed by atoms with Crippen molar-refractivity contribution >= 4 is 11.7 Å². The fourth-order valence-corrected chi connectivity index (χ4v) is 0.941. The quantitative estimate of drug-likeness (QED) is 0.606. The summed E-state index contributed by atoms with van der Waals surface area (Å²) in [5.41, 5.74) is 1.72. The second-order valence-corrected chi connectivity index (χ2v) is 2.19. The fraction of sp³-hybridized carbons (Fsp3) is 0. The minimum absolute atomic E-state index is 0.849. The molecule has 2 aromatic heterocycles. The van der Waals surface area contributed by atoms with Crippen LogP contribution in [0, 0.1) is 0 Å². The summed E-state index contributed by atoms with van der Waals surface area (Å²) in [6.07, 6.45) is 5.29. The zero-order valence-electron chi connectivity index (χ0n) is 5.94. The Balaban J connectivity index is 2.76. The third-order valence-electron chi connectivity index (χ3n) is 1.49. The summed E-state index contributed by atoms with van der Waals surface area (Å²) in [5, 5.41) is 4.01. The summed E-state index contributed by atoms with van der Waals surface area (Å²) in [7, 11) is 0. The molecule has 0 N–H and O–H groups in total. The van der Waals surface area contributed by atoms with Crippen molar-refractivity contribution < 1.29 is 0 Å². The first-order valence-electron chi connectivity index (χ1n) is 3.33. The zero-order chi connectivity index (χ0) is 7.68. The van der Waals surface area contributed by atoms with E-state index < -0.39 is 0 Å². The van der Waals surface area contributed by atoms with Crippen molar-refractivity contribution in [2.24, 2.45) is 0 Å². The molecule has 0 atom stereocenters. The molecule has 0 aliphatic rings. The van der Waals surface area contributed by atoms with E-state index in [2.05, 4.69) is 16.7 Å². The number of rotatable bonds is 1. The van der Waals surface area contributed by atoms with Gasteiger partial charge in [0, 0.05) is 12.3 Å². The summed E-state index contributed by atoms with van der Waals surface area (Å²) < 4.78 is 1.72. The molecule has 0 aromatic carbocycles. The highest BCUT2D eigenvalue weighted by Crippen LogP contribution is 2.00. The van der Waals surface area contributed by atoms with E-state index in [0.717, 1.165) is 11.3 Å². The Morgan fingerprint density at radius 2 is 2.36 bits per heavy atom. The molecule has 0 radical (unpaired) electrons. The maximum Gasteiger partial charge on any atom is 0.155 e. The molecule has 2 rings (SSSR count). The molecule has 3 heteroatoms. The molecule has 0 amide bonds. The Bertz CT molecular complexity index is 389. The molecule has 2 heterocycles. The van der Waals surface area contributed by atoms with Gasteiger partial charge in [-0.15, -0.1) is 0 Å². The van der Waals surface area contributed by atoms with Gasteiger partial charge in [-0.05, 0) is 12.1 Å². The summed E-state index contributed by atoms with van der Waals surface area (Å²) in [5.74, 6) is 0. The highest BCUT2D eigenvalue weighted by Gasteiger charge is 1.93. The smallest absolute Gasteiger partial charge is 0.155 e. The Morgan fingerprint density at radius 1 is 1.45 bits per heavy atom. The van der Waals surface area contributed by atoms with E-state index in [1.807, 2.05) is 18.3 Å². The van der Waals surface area contributed by atoms with Gasteiger partial charge in [-0.3, -0.25) is 0 Å². The van der Waals surface area contributed by atoms with Crippen LogP contribution in [0.1, 0.15) is 5.69 Å². The topological polar surface area (TPSA) is 30.2 Å². The lowest BCUT2D eigenvalue weighted by molar-refractivity contribution is 0.937. The van der Waals surface area contributed by atoms with Crippen molar-refractivity contribution in [2.75, 3.05) is 0 Å². The molecule has 54 valence electrons. The highest BCUT2D eigenvalue weighted by atomic mass is 15.2. The van der Waals surface area contributed by atoms with Gasteiger partial charge < -0.3 is 0 Å². The maximum atomic E-state index is 4.24. The SMILES string of the molecule is C=Cc1ccn2nccc2n1. The monoisotopic (exact) mass is 145 g/mol. The van der Waals surface area contributed by atoms with Gasteiger partial charge in [0.2, 0.25) is 0 Å². The molecule has 0 fully saturated rings. The third-order valence-corrected chi connectivity index (χ3v) is 1.49. The van der Waals surface area contributed by atoms with Gasteiger partial charge in [0.1, 0.15) is 0 Å². The minimum Gasteiger partial charge on any atom is -0.229 e. The second-order valence-electron chi connectivity index (χ2n) is 2.19. The maximum absolute atomic E-state index is 4.24. The predicted octanol–water partition coefficient (Wildman–Crippen LogP) is 1.37. The van der Waals surface area contributed by atoms with Crippen LogP contribution in [0.4, 0.5) is 0 Å². The van der Waals surface area contributed by atoms with Crippen molar-refractivity contribution in [3.05, 3.63) is 36.8 Å². The minimum atomic E-state index is 0.849. The zero-order valence-corrected chi connectivity index (χ0v) is 5.94. The standard InChI is InChI=1S/C8H7N3/c1-2-7-4-6-11-8(10-7)3-5-9-11/h2-6H,1H2. The number of hydrogen-bond donors (Lipinski definition) is 0. The van der Waals surface area contributed by atoms with E-state index in [4.69, 9.17) is 0 Å². The van der Waals surface area contributed by atoms with E-state index in [9.17, 15) is 0 Å². The van der Waals surface area contributed by atoms with Crippen molar-refractivity contribution in [1.29, 1.82) is 0 Å². The van der Waals surface area contributed by atoms with Gasteiger partial charge in [0.05, 0.1) is 11.9 Å². The van der Waals surface area contributed by atoms with Gasteiger partial charge in [0.25, 0.3) is 0 Å². The average Bonchev–Trinajstić information content (AvgIpc) is 2.50. The largest absolute Gasteiger partial charge is 0.229 e. The van der Waals surface area contributed by atoms with E-state index in [0.29, 0.717) is 0 Å². The third kappa shape index (κ3) is 0.902. The van der Waals surface area contributed by atoms with Crippen LogP contribution in [-0.2, 0) is 0 Å². The summed E-state index contributed by atoms with van der Waals surface area (Å²) in [4.78, 5) is 4.24. The van der Waals surface area contributed by atoms with Crippen LogP contribution in [-0.4, -0.2) is 14.6 Å². The van der Waals surface area contributed by atoms with Crippen LogP contribution in [0.5, 0.6) is 0 Å². The van der Waals surface area contributed by atoms with E-state index in [-0.39, 0.29) is 0 Å². The molecule has 0 unspecified atom stereocenters. The molecule has 0 aliphatic heterocycles. The number of fused-ring (bicyclic) bond motifs is 1. The van der Waals surface area contributed by atoms with Crippen LogP contribution in [0.25, 0.3) is 11.7 Å². The first-order chi connectivity index (χ1) is 5.40. The van der Waals surface area contributed by atoms with Crippen LogP contribution in [0.3, 0.4) is 0 Å². The highest BCUT2D eigenvalue weighted by molar-refractivity contribution is 5.46. The van der Waals surface area contributed by atoms with Crippen LogP contribution < -0.4 is 0 Å². The van der Waals surface area contributed by atoms with E-state index in [1.54, 1.807) is 16.8 Å². The van der Waals surface area contributed by atoms with Gasteiger partial charge in [0.15, 0.2) is 5.65 Å². The molecule has 0 aliphatic carbocycles. The van der Waals surface area contributed by atoms with E-state index >= 15 is 0 Å². The van der Waals surface area contributed by atoms with Gasteiger partial charge in [-0.2, -0.15) is 5.10 Å². The Labute approximate surface area is 64.0 Å². The van der Waals surface area contributed by atoms with Gasteiger partial charge >= 0.3 is 0 Å². The Morgan fingerprint density at radius 3 is 3.18 bits per heavy atom. The molecule has 0 saturated carbocycles. The molecule has 2 aromatic rings. The first-order valence-corrected chi connectivity index (χ1v) is 3.33. The number of nitrogens with zero attached hydrogens (tertiary/aromatic N) is 3. The van der Waals surface area contributed by atoms with Crippen LogP contribution in [0.2, 0.25) is 0 Å². The summed E-state index contributed by atoms with van der Waals surface area (Å²) in [6.45, 7) is 3.63. The summed E-state index contributed by atoms with van der Waals surface area (Å²) >= 11 is 0. The van der Waals surface area contributed by atoms with Crippen molar-refractivity contribution in [3.63, 3.8) is 0 Å². The molecular weight excluding hydrogens is 138 g/mol. The van der Waals surface area contributed by atoms with Gasteiger partial charge in [-0.1, -0.05) is 6.58 Å². The van der Waals surface area contributed by atoms with Crippen molar-refractivity contribution in [1.82, 2.24) is 14.6 Å². The lowest BCUT2D eigenvalue weighted by atomic mass is 10.4. The van der Waals surface area contributed by atoms with Crippen LogP contribution >= 0.6 is 0 Å². The predicted molar refractivity (Wildman–Crippen MR) is 43.1 cm³/mol. The normalized spacial score (nSPS) is 10.2. The summed E-state index contributed by atoms with van der Waals surface area (Å²) in [6, 6.07) is 3.72. The van der Waals surface area contributed by atoms with Crippen LogP contribution in [0.15, 0.2) is 31.1 Å². The number of hydrogen-bond acceptors (Lipinski definition) is 2. The molecule has 0 saturated heterocycles. The fourth-order valence-electron chi connectivity index (χ4n) is 0.941. The molecule has 0 bridgehead atoms. The number of aromatic nitrogens is 3. The van der Waals surface area contributed by atoms with Crippen molar-refractivity contribution in [2.45, 2.75) is 0 Å². The van der Waals surface area contributed by atoms with E-state index in [1.165, 1.54) is 0 Å². The van der Waals surface area contributed by atoms with Gasteiger partial charge in [-0.25, -0.2) is 9.50 Å². The van der Waals surface area contributed by atoms with Crippen molar-refractivity contribution in [3.8, 4) is 0 Å². The lowest BCUT2D eigenvalue weighted by Crippen LogP contribution is -1.89. The molecule has 3 nitrogen and oxygen atoms in total. The molecule has 0 spiro atoms. The average molecular weight is 145 g/mol. The Kier molecular flexibility index (Phi) is 1.22. The lowest BCUT2D eigenvalue weighted by Gasteiger charge is -1.92. The molecular formula is C8H7N3.